The van der Waals surface area contributed by atoms with Gasteiger partial charge in [0.15, 0.2) is 0 Å². The number of para-hydroxylation sites is 1. The third-order valence-corrected chi connectivity index (χ3v) is 15.1. The molecule has 0 saturated heterocycles. The highest BCUT2D eigenvalue weighted by Gasteiger charge is 2.52. The summed E-state index contributed by atoms with van der Waals surface area (Å²) in [6, 6.07) is 73.2. The van der Waals surface area contributed by atoms with Crippen molar-refractivity contribution in [3.63, 3.8) is 0 Å². The SMILES string of the molecule is CSc1ccccc1-c1ccc2c(c1)C1(c3ccccc3-2)c2ccccc2-c2c(N(c3ccc4c(c3)C(C)(C)c3ccccc3-4)c3ccc4[nH]c5ccccc5c4c3)cccc21. The molecule has 10 aromatic rings. The molecule has 0 fully saturated rings. The first kappa shape index (κ1) is 35.7. The van der Waals surface area contributed by atoms with E-state index in [-0.39, 0.29) is 5.41 Å². The molecule has 1 heterocycles. The monoisotopic (exact) mass is 810 g/mol. The molecule has 1 N–H and O–H groups in total. The van der Waals surface area contributed by atoms with Crippen LogP contribution in [0.5, 0.6) is 0 Å². The highest BCUT2D eigenvalue weighted by molar-refractivity contribution is 7.98. The minimum atomic E-state index is -0.508. The summed E-state index contributed by atoms with van der Waals surface area (Å²) < 4.78 is 0. The zero-order valence-corrected chi connectivity index (χ0v) is 35.6. The van der Waals surface area contributed by atoms with Crippen LogP contribution in [0.25, 0.3) is 66.3 Å². The van der Waals surface area contributed by atoms with Gasteiger partial charge in [0.2, 0.25) is 0 Å². The average Bonchev–Trinajstić information content (AvgIpc) is 4.01. The Hall–Kier alpha value is -7.07. The van der Waals surface area contributed by atoms with E-state index in [9.17, 15) is 0 Å². The van der Waals surface area contributed by atoms with Gasteiger partial charge in [-0.05, 0) is 133 Å². The smallest absolute Gasteiger partial charge is 0.0726 e. The molecular formula is C59H42N2S. The van der Waals surface area contributed by atoms with Crippen LogP contribution in [-0.2, 0) is 10.8 Å². The van der Waals surface area contributed by atoms with Crippen LogP contribution in [0.3, 0.4) is 0 Å². The lowest BCUT2D eigenvalue weighted by Crippen LogP contribution is -2.26. The molecule has 2 nitrogen and oxygen atoms in total. The van der Waals surface area contributed by atoms with Crippen molar-refractivity contribution in [1.82, 2.24) is 4.98 Å². The van der Waals surface area contributed by atoms with Crippen molar-refractivity contribution in [2.45, 2.75) is 29.6 Å². The summed E-state index contributed by atoms with van der Waals surface area (Å²) in [5.74, 6) is 0. The first-order chi connectivity index (χ1) is 30.5. The van der Waals surface area contributed by atoms with Gasteiger partial charge in [0, 0.05) is 49.1 Å². The van der Waals surface area contributed by atoms with Gasteiger partial charge in [-0.15, -0.1) is 11.8 Å². The number of aromatic amines is 1. The lowest BCUT2D eigenvalue weighted by atomic mass is 9.70. The molecule has 62 heavy (non-hydrogen) atoms. The second-order valence-corrected chi connectivity index (χ2v) is 18.5. The maximum atomic E-state index is 3.69. The second-order valence-electron chi connectivity index (χ2n) is 17.6. The summed E-state index contributed by atoms with van der Waals surface area (Å²) >= 11 is 1.81. The highest BCUT2D eigenvalue weighted by Crippen LogP contribution is 2.65. The molecule has 1 unspecified atom stereocenters. The van der Waals surface area contributed by atoms with E-state index in [1.54, 1.807) is 0 Å². The van der Waals surface area contributed by atoms with Crippen molar-refractivity contribution in [2.75, 3.05) is 11.2 Å². The van der Waals surface area contributed by atoms with E-state index in [4.69, 9.17) is 0 Å². The van der Waals surface area contributed by atoms with Crippen molar-refractivity contribution in [2.24, 2.45) is 0 Å². The molecule has 294 valence electrons. The number of nitrogens with one attached hydrogen (secondary N) is 1. The molecule has 0 aliphatic heterocycles. The first-order valence-corrected chi connectivity index (χ1v) is 22.9. The normalized spacial score (nSPS) is 15.9. The molecule has 1 aromatic heterocycles. The molecule has 1 atom stereocenters. The van der Waals surface area contributed by atoms with E-state index in [0.29, 0.717) is 0 Å². The second kappa shape index (κ2) is 13.0. The highest BCUT2D eigenvalue weighted by atomic mass is 32.2. The van der Waals surface area contributed by atoms with Gasteiger partial charge in [-0.2, -0.15) is 0 Å². The van der Waals surface area contributed by atoms with Gasteiger partial charge < -0.3 is 9.88 Å². The number of nitrogens with zero attached hydrogens (tertiary/aromatic N) is 1. The van der Waals surface area contributed by atoms with Gasteiger partial charge in [0.1, 0.15) is 0 Å². The van der Waals surface area contributed by atoms with E-state index in [1.165, 1.54) is 99.2 Å². The lowest BCUT2D eigenvalue weighted by molar-refractivity contribution is 0.660. The number of benzene rings is 9. The fourth-order valence-electron chi connectivity index (χ4n) is 11.6. The summed E-state index contributed by atoms with van der Waals surface area (Å²) in [6.45, 7) is 4.76. The Kier molecular flexibility index (Phi) is 7.46. The molecule has 1 spiro atoms. The van der Waals surface area contributed by atoms with Gasteiger partial charge in [0.05, 0.1) is 11.1 Å². The first-order valence-electron chi connectivity index (χ1n) is 21.6. The number of hydrogen-bond donors (Lipinski definition) is 1. The van der Waals surface area contributed by atoms with E-state index >= 15 is 0 Å². The quantitative estimate of drug-likeness (QED) is 0.175. The number of fused-ring (bicyclic) bond motifs is 16. The lowest BCUT2D eigenvalue weighted by Gasteiger charge is -2.32. The third-order valence-electron chi connectivity index (χ3n) is 14.3. The van der Waals surface area contributed by atoms with Crippen LogP contribution in [0, 0.1) is 0 Å². The van der Waals surface area contributed by atoms with E-state index in [1.807, 2.05) is 11.8 Å². The van der Waals surface area contributed by atoms with Crippen molar-refractivity contribution in [3.8, 4) is 44.5 Å². The molecule has 13 rings (SSSR count). The van der Waals surface area contributed by atoms with Gasteiger partial charge in [-0.25, -0.2) is 0 Å². The van der Waals surface area contributed by atoms with Crippen LogP contribution in [0.4, 0.5) is 17.1 Å². The van der Waals surface area contributed by atoms with Gasteiger partial charge in [-0.1, -0.05) is 153 Å². The maximum Gasteiger partial charge on any atom is 0.0726 e. The molecule has 0 amide bonds. The Balaban J connectivity index is 1.10. The van der Waals surface area contributed by atoms with Crippen LogP contribution in [0.2, 0.25) is 0 Å². The molecule has 3 heteroatoms. The number of aromatic nitrogens is 1. The zero-order chi connectivity index (χ0) is 41.3. The van der Waals surface area contributed by atoms with Crippen LogP contribution in [0.15, 0.2) is 199 Å². The number of hydrogen-bond acceptors (Lipinski definition) is 2. The molecule has 9 aromatic carbocycles. The van der Waals surface area contributed by atoms with E-state index < -0.39 is 5.41 Å². The summed E-state index contributed by atoms with van der Waals surface area (Å²) in [7, 11) is 0. The standard InChI is InChI=1S/C59H42N2S/c1-58(2)47-20-9-4-16-40(47)42-31-28-38(35-51(42)58)61(37-29-32-54-46(34-37)44-18-7-12-24-53(44)60-54)55-25-14-23-50-57(55)45-19-6-11-22-49(45)59(50)48-21-10-5-17-41(48)43-30-27-36(33-52(43)59)39-15-8-13-26-56(39)62-3/h4-35,60H,1-3H3. The van der Waals surface area contributed by atoms with Gasteiger partial charge in [0.25, 0.3) is 0 Å². The zero-order valence-electron chi connectivity index (χ0n) is 34.8. The van der Waals surface area contributed by atoms with E-state index in [2.05, 4.69) is 224 Å². The van der Waals surface area contributed by atoms with Crippen LogP contribution in [-0.4, -0.2) is 11.2 Å². The third kappa shape index (κ3) is 4.66. The molecule has 0 bridgehead atoms. The van der Waals surface area contributed by atoms with Crippen molar-refractivity contribution in [3.05, 3.63) is 228 Å². The van der Waals surface area contributed by atoms with Crippen LogP contribution in [0.1, 0.15) is 47.2 Å². The molecule has 0 radical (unpaired) electrons. The molecule has 0 saturated carbocycles. The minimum absolute atomic E-state index is 0.145. The number of anilines is 3. The predicted octanol–water partition coefficient (Wildman–Crippen LogP) is 15.8. The minimum Gasteiger partial charge on any atom is -0.355 e. The molecular weight excluding hydrogens is 769 g/mol. The van der Waals surface area contributed by atoms with Crippen molar-refractivity contribution < 1.29 is 0 Å². The van der Waals surface area contributed by atoms with Gasteiger partial charge in [-0.3, -0.25) is 0 Å². The van der Waals surface area contributed by atoms with Crippen molar-refractivity contribution >= 4 is 50.6 Å². The van der Waals surface area contributed by atoms with Crippen LogP contribution >= 0.6 is 11.8 Å². The fourth-order valence-corrected chi connectivity index (χ4v) is 12.3. The van der Waals surface area contributed by atoms with Gasteiger partial charge >= 0.3 is 0 Å². The topological polar surface area (TPSA) is 19.0 Å². The Bertz CT molecular complexity index is 3520. The number of thioether (sulfide) groups is 1. The van der Waals surface area contributed by atoms with Crippen molar-refractivity contribution in [1.29, 1.82) is 0 Å². The largest absolute Gasteiger partial charge is 0.355 e. The Morgan fingerprint density at radius 3 is 1.82 bits per heavy atom. The molecule has 3 aliphatic rings. The summed E-state index contributed by atoms with van der Waals surface area (Å²) in [5.41, 5.74) is 23.5. The maximum absolute atomic E-state index is 3.69. The number of H-pyrrole nitrogens is 1. The Morgan fingerprint density at radius 1 is 0.419 bits per heavy atom. The Labute approximate surface area is 366 Å². The Morgan fingerprint density at radius 2 is 1.00 bits per heavy atom. The average molecular weight is 811 g/mol. The predicted molar refractivity (Wildman–Crippen MR) is 262 cm³/mol. The van der Waals surface area contributed by atoms with Crippen LogP contribution < -0.4 is 4.90 Å². The molecule has 3 aliphatic carbocycles. The summed E-state index contributed by atoms with van der Waals surface area (Å²) in [6.07, 6.45) is 2.18. The summed E-state index contributed by atoms with van der Waals surface area (Å²) in [5, 5.41) is 2.45. The number of rotatable bonds is 5. The van der Waals surface area contributed by atoms with E-state index in [0.717, 1.165) is 22.4 Å². The summed E-state index contributed by atoms with van der Waals surface area (Å²) in [4.78, 5) is 7.52. The fraction of sp³-hybridized carbons (Fsp3) is 0.0847.